The second-order valence-electron chi connectivity index (χ2n) is 8.97. The SMILES string of the molecule is N=C1/C(=C(/O)c2ccccc2)[C@@H](c2ccc3c(c2)OCO3)C2=C(CCCC2=O)N1c1ccc(Cl)cc1. The maximum Gasteiger partial charge on any atom is 0.231 e. The van der Waals surface area contributed by atoms with Crippen molar-refractivity contribution < 1.29 is 19.4 Å². The van der Waals surface area contributed by atoms with Crippen molar-refractivity contribution in [2.24, 2.45) is 0 Å². The van der Waals surface area contributed by atoms with E-state index in [-0.39, 0.29) is 24.2 Å². The fraction of sp³-hybridized carbons (Fsp3) is 0.172. The maximum absolute atomic E-state index is 13.6. The van der Waals surface area contributed by atoms with Gasteiger partial charge < -0.3 is 14.6 Å². The summed E-state index contributed by atoms with van der Waals surface area (Å²) in [6, 6.07) is 21.9. The van der Waals surface area contributed by atoms with E-state index in [0.29, 0.717) is 58.2 Å². The molecule has 2 N–H and O–H groups in total. The van der Waals surface area contributed by atoms with Crippen LogP contribution in [-0.4, -0.2) is 23.5 Å². The second kappa shape index (κ2) is 8.88. The number of allylic oxidation sites excluding steroid dienone is 2. The van der Waals surface area contributed by atoms with E-state index >= 15 is 0 Å². The van der Waals surface area contributed by atoms with Gasteiger partial charge in [0.2, 0.25) is 6.79 Å². The highest BCUT2D eigenvalue weighted by atomic mass is 35.5. The van der Waals surface area contributed by atoms with E-state index in [1.165, 1.54) is 0 Å². The van der Waals surface area contributed by atoms with Crippen molar-refractivity contribution >= 4 is 34.7 Å². The number of halogens is 1. The summed E-state index contributed by atoms with van der Waals surface area (Å²) in [5.41, 5.74) is 3.80. The minimum atomic E-state index is -0.626. The van der Waals surface area contributed by atoms with Crippen molar-refractivity contribution in [3.8, 4) is 11.5 Å². The van der Waals surface area contributed by atoms with Crippen LogP contribution in [0.3, 0.4) is 0 Å². The number of carbonyl (C=O) groups excluding carboxylic acids is 1. The van der Waals surface area contributed by atoms with Crippen LogP contribution in [0.1, 0.15) is 36.3 Å². The lowest BCUT2D eigenvalue weighted by Gasteiger charge is -2.41. The highest BCUT2D eigenvalue weighted by Gasteiger charge is 2.43. The molecule has 3 aromatic carbocycles. The molecule has 7 heteroatoms. The molecule has 2 aliphatic heterocycles. The Morgan fingerprint density at radius 2 is 1.72 bits per heavy atom. The Labute approximate surface area is 213 Å². The molecular weight excluding hydrogens is 476 g/mol. The topological polar surface area (TPSA) is 82.9 Å². The molecule has 6 rings (SSSR count). The van der Waals surface area contributed by atoms with E-state index in [1.807, 2.05) is 48.5 Å². The van der Waals surface area contributed by atoms with E-state index in [4.69, 9.17) is 21.1 Å². The van der Waals surface area contributed by atoms with Gasteiger partial charge in [0.1, 0.15) is 11.6 Å². The molecule has 0 unspecified atom stereocenters. The highest BCUT2D eigenvalue weighted by molar-refractivity contribution is 6.30. The van der Waals surface area contributed by atoms with Crippen LogP contribution >= 0.6 is 11.6 Å². The number of rotatable bonds is 3. The number of fused-ring (bicyclic) bond motifs is 1. The number of hydrogen-bond acceptors (Lipinski definition) is 5. The molecule has 6 nitrogen and oxygen atoms in total. The lowest BCUT2D eigenvalue weighted by molar-refractivity contribution is -0.116. The number of hydrogen-bond donors (Lipinski definition) is 2. The van der Waals surface area contributed by atoms with Crippen molar-refractivity contribution in [1.29, 1.82) is 5.41 Å². The summed E-state index contributed by atoms with van der Waals surface area (Å²) in [4.78, 5) is 15.3. The normalized spacial score (nSPS) is 20.5. The first kappa shape index (κ1) is 22.4. The predicted molar refractivity (Wildman–Crippen MR) is 139 cm³/mol. The van der Waals surface area contributed by atoms with Gasteiger partial charge in [-0.2, -0.15) is 0 Å². The molecular formula is C29H23ClN2O4. The molecule has 0 aromatic heterocycles. The minimum absolute atomic E-state index is 0.0174. The second-order valence-corrected chi connectivity index (χ2v) is 9.41. The Hall–Kier alpha value is -4.03. The van der Waals surface area contributed by atoms with E-state index in [1.54, 1.807) is 29.2 Å². The number of aliphatic hydroxyl groups is 1. The maximum atomic E-state index is 13.6. The Balaban J connectivity index is 1.64. The zero-order valence-corrected chi connectivity index (χ0v) is 20.1. The summed E-state index contributed by atoms with van der Waals surface area (Å²) >= 11 is 6.15. The van der Waals surface area contributed by atoms with Crippen molar-refractivity contribution in [2.75, 3.05) is 11.7 Å². The van der Waals surface area contributed by atoms with Crippen molar-refractivity contribution in [3.63, 3.8) is 0 Å². The van der Waals surface area contributed by atoms with Gasteiger partial charge in [-0.3, -0.25) is 15.1 Å². The average molecular weight is 499 g/mol. The summed E-state index contributed by atoms with van der Waals surface area (Å²) in [5.74, 6) is 0.696. The van der Waals surface area contributed by atoms with Crippen molar-refractivity contribution in [1.82, 2.24) is 0 Å². The number of ketones is 1. The van der Waals surface area contributed by atoms with E-state index < -0.39 is 5.92 Å². The lowest BCUT2D eigenvalue weighted by atomic mass is 9.73. The molecule has 36 heavy (non-hydrogen) atoms. The molecule has 0 saturated heterocycles. The summed E-state index contributed by atoms with van der Waals surface area (Å²) in [5, 5.41) is 21.6. The molecule has 180 valence electrons. The van der Waals surface area contributed by atoms with Gasteiger partial charge in [0.25, 0.3) is 0 Å². The number of carbonyl (C=O) groups is 1. The molecule has 3 aliphatic rings. The van der Waals surface area contributed by atoms with Crippen LogP contribution in [0.25, 0.3) is 5.76 Å². The molecule has 2 heterocycles. The van der Waals surface area contributed by atoms with Crippen LogP contribution in [-0.2, 0) is 4.79 Å². The van der Waals surface area contributed by atoms with Gasteiger partial charge in [-0.25, -0.2) is 0 Å². The number of anilines is 1. The Bertz CT molecular complexity index is 1440. The van der Waals surface area contributed by atoms with E-state index in [2.05, 4.69) is 0 Å². The summed E-state index contributed by atoms with van der Waals surface area (Å²) in [7, 11) is 0. The van der Waals surface area contributed by atoms with Crippen LogP contribution in [0.2, 0.25) is 5.02 Å². The van der Waals surface area contributed by atoms with E-state index in [0.717, 1.165) is 11.3 Å². The van der Waals surface area contributed by atoms with Gasteiger partial charge in [0, 0.05) is 45.5 Å². The number of aliphatic hydroxyl groups excluding tert-OH is 1. The molecule has 0 saturated carbocycles. The molecule has 0 spiro atoms. The largest absolute Gasteiger partial charge is 0.507 e. The number of nitrogens with zero attached hydrogens (tertiary/aromatic N) is 1. The molecule has 0 bridgehead atoms. The summed E-state index contributed by atoms with van der Waals surface area (Å²) < 4.78 is 11.1. The van der Waals surface area contributed by atoms with Gasteiger partial charge in [-0.15, -0.1) is 0 Å². The standard InChI is InChI=1S/C29H23ClN2O4/c30-19-10-12-20(13-11-19)32-21-7-4-8-22(33)26(21)25(18-9-14-23-24(15-18)36-16-35-23)27(29(32)31)28(34)17-5-2-1-3-6-17/h1-3,5-6,9-15,25,31,34H,4,7-8,16H2/b28-27+,31-29?/t25-/m0/s1. The number of benzene rings is 3. The van der Waals surface area contributed by atoms with E-state index in [9.17, 15) is 15.3 Å². The minimum Gasteiger partial charge on any atom is -0.507 e. The zero-order valence-electron chi connectivity index (χ0n) is 19.3. The fourth-order valence-electron chi connectivity index (χ4n) is 5.24. The van der Waals surface area contributed by atoms with Crippen LogP contribution in [0.5, 0.6) is 11.5 Å². The Morgan fingerprint density at radius 1 is 0.972 bits per heavy atom. The Morgan fingerprint density at radius 3 is 2.50 bits per heavy atom. The lowest BCUT2D eigenvalue weighted by Crippen LogP contribution is -2.42. The van der Waals surface area contributed by atoms with Gasteiger partial charge in [0.05, 0.1) is 0 Å². The van der Waals surface area contributed by atoms with Crippen LogP contribution in [0, 0.1) is 5.41 Å². The Kier molecular flexibility index (Phi) is 5.53. The molecule has 1 atom stereocenters. The van der Waals surface area contributed by atoms with Crippen LogP contribution in [0.15, 0.2) is 89.6 Å². The molecule has 3 aromatic rings. The first-order valence-electron chi connectivity index (χ1n) is 11.8. The molecule has 0 fully saturated rings. The zero-order chi connectivity index (χ0) is 24.8. The van der Waals surface area contributed by atoms with Crippen molar-refractivity contribution in [2.45, 2.75) is 25.2 Å². The third-order valence-electron chi connectivity index (χ3n) is 6.87. The number of Topliss-reactive ketones (excluding diaryl/α,β-unsaturated/α-hetero) is 1. The first-order chi connectivity index (χ1) is 17.5. The first-order valence-corrected chi connectivity index (χ1v) is 12.2. The average Bonchev–Trinajstić information content (AvgIpc) is 3.37. The summed E-state index contributed by atoms with van der Waals surface area (Å²) in [6.07, 6.45) is 1.76. The molecule has 0 amide bonds. The highest BCUT2D eigenvalue weighted by Crippen LogP contribution is 2.49. The van der Waals surface area contributed by atoms with Gasteiger partial charge in [-0.1, -0.05) is 48.0 Å². The smallest absolute Gasteiger partial charge is 0.231 e. The van der Waals surface area contributed by atoms with Gasteiger partial charge in [-0.05, 0) is 54.8 Å². The molecule has 1 aliphatic carbocycles. The molecule has 0 radical (unpaired) electrons. The van der Waals surface area contributed by atoms with Crippen LogP contribution < -0.4 is 14.4 Å². The third-order valence-corrected chi connectivity index (χ3v) is 7.12. The predicted octanol–water partition coefficient (Wildman–Crippen LogP) is 6.63. The van der Waals surface area contributed by atoms with Gasteiger partial charge in [0.15, 0.2) is 17.3 Å². The third kappa shape index (κ3) is 3.65. The summed E-state index contributed by atoms with van der Waals surface area (Å²) in [6.45, 7) is 0.133. The number of ether oxygens (including phenoxy) is 2. The van der Waals surface area contributed by atoms with Crippen LogP contribution in [0.4, 0.5) is 5.69 Å². The number of nitrogens with one attached hydrogen (secondary N) is 1. The quantitative estimate of drug-likeness (QED) is 0.396. The monoisotopic (exact) mass is 498 g/mol. The van der Waals surface area contributed by atoms with Gasteiger partial charge >= 0.3 is 0 Å². The van der Waals surface area contributed by atoms with Crippen molar-refractivity contribution in [3.05, 3.63) is 106 Å². The fourth-order valence-corrected chi connectivity index (χ4v) is 5.37. The number of amidine groups is 1.